The SMILES string of the molecule is O=C(O)c1cn(C2CC2)c2c(Cl)c(N3CCC[C@@H](O)C3)c(F)cc2c1=O. The Morgan fingerprint density at radius 1 is 1.31 bits per heavy atom. The molecule has 1 aromatic carbocycles. The molecule has 26 heavy (non-hydrogen) atoms. The summed E-state index contributed by atoms with van der Waals surface area (Å²) in [5, 5.41) is 19.3. The number of aliphatic hydroxyl groups is 1. The van der Waals surface area contributed by atoms with Crippen LogP contribution in [-0.4, -0.2) is 39.9 Å². The van der Waals surface area contributed by atoms with Crippen LogP contribution in [0, 0.1) is 5.82 Å². The van der Waals surface area contributed by atoms with Crippen molar-refractivity contribution in [3.05, 3.63) is 38.9 Å². The summed E-state index contributed by atoms with van der Waals surface area (Å²) in [7, 11) is 0. The van der Waals surface area contributed by atoms with Crippen molar-refractivity contribution in [1.82, 2.24) is 4.57 Å². The van der Waals surface area contributed by atoms with E-state index in [0.29, 0.717) is 24.9 Å². The highest BCUT2D eigenvalue weighted by Gasteiger charge is 2.31. The minimum Gasteiger partial charge on any atom is -0.477 e. The molecule has 0 spiro atoms. The van der Waals surface area contributed by atoms with Crippen molar-refractivity contribution in [2.75, 3.05) is 18.0 Å². The van der Waals surface area contributed by atoms with Gasteiger partial charge in [0.25, 0.3) is 0 Å². The predicted molar refractivity (Wildman–Crippen MR) is 95.9 cm³/mol. The van der Waals surface area contributed by atoms with Crippen LogP contribution in [0.25, 0.3) is 10.9 Å². The highest BCUT2D eigenvalue weighted by atomic mass is 35.5. The molecule has 1 saturated heterocycles. The molecule has 2 fully saturated rings. The van der Waals surface area contributed by atoms with Crippen LogP contribution < -0.4 is 10.3 Å². The van der Waals surface area contributed by atoms with E-state index in [0.717, 1.165) is 18.9 Å². The molecule has 0 amide bonds. The summed E-state index contributed by atoms with van der Waals surface area (Å²) >= 11 is 6.54. The number of hydrogen-bond donors (Lipinski definition) is 2. The summed E-state index contributed by atoms with van der Waals surface area (Å²) in [6.07, 6.45) is 3.81. The number of nitrogens with zero attached hydrogens (tertiary/aromatic N) is 2. The van der Waals surface area contributed by atoms with E-state index in [4.69, 9.17) is 11.6 Å². The number of pyridine rings is 1. The summed E-state index contributed by atoms with van der Waals surface area (Å²) in [4.78, 5) is 25.6. The van der Waals surface area contributed by atoms with Crippen molar-refractivity contribution < 1.29 is 19.4 Å². The van der Waals surface area contributed by atoms with Crippen LogP contribution in [0.2, 0.25) is 5.02 Å². The Morgan fingerprint density at radius 3 is 2.65 bits per heavy atom. The fourth-order valence-corrected chi connectivity index (χ4v) is 4.08. The van der Waals surface area contributed by atoms with Gasteiger partial charge in [-0.05, 0) is 31.7 Å². The Kier molecular flexibility index (Phi) is 4.16. The Hall–Kier alpha value is -2.12. The van der Waals surface area contributed by atoms with Gasteiger partial charge < -0.3 is 19.7 Å². The normalized spacial score (nSPS) is 20.6. The van der Waals surface area contributed by atoms with E-state index in [2.05, 4.69) is 0 Å². The molecule has 1 atom stereocenters. The van der Waals surface area contributed by atoms with E-state index < -0.39 is 23.3 Å². The zero-order valence-corrected chi connectivity index (χ0v) is 14.7. The zero-order chi connectivity index (χ0) is 18.6. The van der Waals surface area contributed by atoms with Gasteiger partial charge in [0.2, 0.25) is 5.43 Å². The van der Waals surface area contributed by atoms with E-state index in [1.54, 1.807) is 9.47 Å². The summed E-state index contributed by atoms with van der Waals surface area (Å²) in [6.45, 7) is 0.823. The molecule has 8 heteroatoms. The van der Waals surface area contributed by atoms with Gasteiger partial charge in [-0.3, -0.25) is 4.79 Å². The number of aliphatic hydroxyl groups excluding tert-OH is 1. The highest BCUT2D eigenvalue weighted by Crippen LogP contribution is 2.42. The van der Waals surface area contributed by atoms with Gasteiger partial charge in [0.05, 0.1) is 27.7 Å². The van der Waals surface area contributed by atoms with Gasteiger partial charge in [-0.1, -0.05) is 11.6 Å². The van der Waals surface area contributed by atoms with Crippen molar-refractivity contribution in [2.45, 2.75) is 37.8 Å². The van der Waals surface area contributed by atoms with E-state index in [1.807, 2.05) is 0 Å². The van der Waals surface area contributed by atoms with Crippen LogP contribution in [0.1, 0.15) is 42.1 Å². The van der Waals surface area contributed by atoms with Gasteiger partial charge in [-0.2, -0.15) is 0 Å². The van der Waals surface area contributed by atoms with Gasteiger partial charge in [0.15, 0.2) is 0 Å². The van der Waals surface area contributed by atoms with Crippen molar-refractivity contribution in [2.24, 2.45) is 0 Å². The third-order valence-electron chi connectivity index (χ3n) is 5.07. The molecule has 0 radical (unpaired) electrons. The fourth-order valence-electron chi connectivity index (χ4n) is 3.67. The number of rotatable bonds is 3. The molecule has 1 aromatic heterocycles. The Bertz CT molecular complexity index is 970. The van der Waals surface area contributed by atoms with Crippen LogP contribution in [0.4, 0.5) is 10.1 Å². The number of aromatic nitrogens is 1. The second kappa shape index (κ2) is 6.25. The monoisotopic (exact) mass is 380 g/mol. The molecule has 0 unspecified atom stereocenters. The number of β-amino-alcohol motifs (C(OH)–C–C–N with tert-alkyl or cyclic N) is 1. The number of piperidine rings is 1. The first-order valence-corrected chi connectivity index (χ1v) is 8.99. The number of halogens is 2. The van der Waals surface area contributed by atoms with E-state index in [-0.39, 0.29) is 34.2 Å². The minimum atomic E-state index is -1.34. The summed E-state index contributed by atoms with van der Waals surface area (Å²) in [5.41, 5.74) is -0.605. The number of carboxylic acid groups (broad SMARTS) is 1. The molecule has 1 saturated carbocycles. The van der Waals surface area contributed by atoms with E-state index >= 15 is 0 Å². The number of hydrogen-bond acceptors (Lipinski definition) is 4. The van der Waals surface area contributed by atoms with Crippen LogP contribution in [0.3, 0.4) is 0 Å². The van der Waals surface area contributed by atoms with Gasteiger partial charge >= 0.3 is 5.97 Å². The van der Waals surface area contributed by atoms with Crippen LogP contribution >= 0.6 is 11.6 Å². The Balaban J connectivity index is 2.00. The van der Waals surface area contributed by atoms with E-state index in [9.17, 15) is 24.2 Å². The summed E-state index contributed by atoms with van der Waals surface area (Å²) in [6, 6.07) is 1.13. The standard InChI is InChI=1S/C18H18ClFN2O4/c19-14-15-11(6-13(20)16(14)21-5-1-2-10(23)7-21)17(24)12(18(25)26)8-22(15)9-3-4-9/h6,8-10,23H,1-5,7H2,(H,25,26)/t10-/m1/s1. The van der Waals surface area contributed by atoms with Gasteiger partial charge in [-0.25, -0.2) is 9.18 Å². The lowest BCUT2D eigenvalue weighted by Crippen LogP contribution is -2.39. The second-order valence-electron chi connectivity index (χ2n) is 6.97. The number of carboxylic acids is 1. The molecule has 4 rings (SSSR count). The van der Waals surface area contributed by atoms with Gasteiger partial charge in [-0.15, -0.1) is 0 Å². The number of benzene rings is 1. The third-order valence-corrected chi connectivity index (χ3v) is 5.43. The second-order valence-corrected chi connectivity index (χ2v) is 7.35. The predicted octanol–water partition coefficient (Wildman–Crippen LogP) is 2.79. The molecule has 2 N–H and O–H groups in total. The van der Waals surface area contributed by atoms with Gasteiger partial charge in [0, 0.05) is 25.3 Å². The van der Waals surface area contributed by atoms with Gasteiger partial charge in [0.1, 0.15) is 11.4 Å². The van der Waals surface area contributed by atoms with Crippen LogP contribution in [-0.2, 0) is 0 Å². The Labute approximate surface area is 153 Å². The molecular weight excluding hydrogens is 363 g/mol. The quantitative estimate of drug-likeness (QED) is 0.855. The summed E-state index contributed by atoms with van der Waals surface area (Å²) in [5.74, 6) is -2.02. The van der Waals surface area contributed by atoms with E-state index in [1.165, 1.54) is 6.20 Å². The maximum atomic E-state index is 14.8. The number of aromatic carboxylic acids is 1. The van der Waals surface area contributed by atoms with Crippen LogP contribution in [0.5, 0.6) is 0 Å². The number of anilines is 1. The molecule has 1 aliphatic heterocycles. The molecule has 6 nitrogen and oxygen atoms in total. The average molecular weight is 381 g/mol. The fraction of sp³-hybridized carbons (Fsp3) is 0.444. The van der Waals surface area contributed by atoms with Crippen molar-refractivity contribution in [1.29, 1.82) is 0 Å². The molecule has 138 valence electrons. The minimum absolute atomic E-state index is 0.0272. The zero-order valence-electron chi connectivity index (χ0n) is 13.9. The molecule has 2 aliphatic rings. The van der Waals surface area contributed by atoms with Crippen molar-refractivity contribution >= 4 is 34.2 Å². The highest BCUT2D eigenvalue weighted by molar-refractivity contribution is 6.38. The first kappa shape index (κ1) is 17.3. The molecule has 2 heterocycles. The van der Waals surface area contributed by atoms with Crippen LogP contribution in [0.15, 0.2) is 17.1 Å². The molecule has 0 bridgehead atoms. The number of carbonyl (C=O) groups is 1. The lowest BCUT2D eigenvalue weighted by Gasteiger charge is -2.33. The summed E-state index contributed by atoms with van der Waals surface area (Å²) < 4.78 is 16.5. The lowest BCUT2D eigenvalue weighted by atomic mass is 10.1. The largest absolute Gasteiger partial charge is 0.477 e. The molecule has 1 aliphatic carbocycles. The smallest absolute Gasteiger partial charge is 0.341 e. The molecular formula is C18H18ClFN2O4. The topological polar surface area (TPSA) is 82.8 Å². The molecule has 2 aromatic rings. The maximum Gasteiger partial charge on any atom is 0.341 e. The Morgan fingerprint density at radius 2 is 2.04 bits per heavy atom. The number of fused-ring (bicyclic) bond motifs is 1. The van der Waals surface area contributed by atoms with Crippen molar-refractivity contribution in [3.63, 3.8) is 0 Å². The van der Waals surface area contributed by atoms with Crippen molar-refractivity contribution in [3.8, 4) is 0 Å². The average Bonchev–Trinajstić information content (AvgIpc) is 3.40. The third kappa shape index (κ3) is 2.75. The maximum absolute atomic E-state index is 14.8. The lowest BCUT2D eigenvalue weighted by molar-refractivity contribution is 0.0694. The first-order chi connectivity index (χ1) is 12.4. The first-order valence-electron chi connectivity index (χ1n) is 8.61.